The Balaban J connectivity index is 1.46. The largest absolute Gasteiger partial charge is 0.459 e. The van der Waals surface area contributed by atoms with Crippen molar-refractivity contribution in [3.05, 3.63) is 47.1 Å². The number of hydrogen-bond acceptors (Lipinski definition) is 7. The molecule has 134 valence electrons. The smallest absolute Gasteiger partial charge is 0.265 e. The molecule has 4 rings (SSSR count). The number of hydrogen-bond donors (Lipinski definition) is 0. The third-order valence-electron chi connectivity index (χ3n) is 4.38. The van der Waals surface area contributed by atoms with Crippen LogP contribution in [0.5, 0.6) is 0 Å². The fraction of sp³-hybridized carbons (Fsp3) is 0.333. The number of rotatable bonds is 3. The molecule has 1 fully saturated rings. The van der Waals surface area contributed by atoms with Gasteiger partial charge in [-0.3, -0.25) is 9.78 Å². The van der Waals surface area contributed by atoms with Crippen molar-refractivity contribution < 1.29 is 9.21 Å². The zero-order chi connectivity index (χ0) is 18.1. The van der Waals surface area contributed by atoms with Gasteiger partial charge in [-0.1, -0.05) is 0 Å². The molecule has 0 atom stereocenters. The second-order valence-electron chi connectivity index (χ2n) is 6.19. The van der Waals surface area contributed by atoms with Gasteiger partial charge < -0.3 is 14.2 Å². The molecule has 0 saturated carbocycles. The lowest BCUT2D eigenvalue weighted by Gasteiger charge is -2.35. The number of piperazine rings is 1. The number of amides is 1. The van der Waals surface area contributed by atoms with Crippen LogP contribution in [0.1, 0.15) is 21.1 Å². The zero-order valence-corrected chi connectivity index (χ0v) is 15.5. The second kappa shape index (κ2) is 6.87. The molecule has 1 aliphatic rings. The molecule has 0 spiro atoms. The van der Waals surface area contributed by atoms with Crippen LogP contribution in [0, 0.1) is 13.8 Å². The fourth-order valence-corrected chi connectivity index (χ4v) is 3.98. The van der Waals surface area contributed by atoms with Crippen LogP contribution >= 0.6 is 11.3 Å². The number of carbonyl (C=O) groups excluding carboxylic acids is 1. The van der Waals surface area contributed by atoms with Gasteiger partial charge in [0.25, 0.3) is 5.91 Å². The van der Waals surface area contributed by atoms with E-state index in [9.17, 15) is 4.79 Å². The van der Waals surface area contributed by atoms with Crippen LogP contribution in [0.25, 0.3) is 10.8 Å². The van der Waals surface area contributed by atoms with E-state index in [1.54, 1.807) is 18.6 Å². The van der Waals surface area contributed by atoms with E-state index >= 15 is 0 Å². The van der Waals surface area contributed by atoms with Gasteiger partial charge in [-0.2, -0.15) is 0 Å². The van der Waals surface area contributed by atoms with E-state index in [1.807, 2.05) is 30.9 Å². The first-order valence-corrected chi connectivity index (χ1v) is 9.28. The Bertz CT molecular complexity index is 913. The molecule has 1 aliphatic heterocycles. The minimum atomic E-state index is 0.0355. The summed E-state index contributed by atoms with van der Waals surface area (Å²) in [6.07, 6.45) is 5.10. The van der Waals surface area contributed by atoms with Crippen molar-refractivity contribution in [2.75, 3.05) is 31.1 Å². The number of anilines is 1. The molecular weight excluding hydrogens is 350 g/mol. The summed E-state index contributed by atoms with van der Waals surface area (Å²) in [6, 6.07) is 3.79. The first-order chi connectivity index (χ1) is 12.6. The lowest BCUT2D eigenvalue weighted by molar-refractivity contribution is 0.0750. The van der Waals surface area contributed by atoms with Crippen molar-refractivity contribution in [3.63, 3.8) is 0 Å². The van der Waals surface area contributed by atoms with Crippen LogP contribution in [0.4, 0.5) is 5.82 Å². The highest BCUT2D eigenvalue weighted by molar-refractivity contribution is 7.17. The van der Waals surface area contributed by atoms with Crippen LogP contribution in [0.3, 0.4) is 0 Å². The molecule has 0 aromatic carbocycles. The first kappa shape index (κ1) is 16.7. The SMILES string of the molecule is Cc1ccc(-c2nc(C)c(C(=O)N3CCN(c4cnccn4)CC3)s2)o1. The highest BCUT2D eigenvalue weighted by Gasteiger charge is 2.26. The van der Waals surface area contributed by atoms with Crippen LogP contribution in [0.2, 0.25) is 0 Å². The van der Waals surface area contributed by atoms with E-state index in [0.717, 1.165) is 35.4 Å². The third kappa shape index (κ3) is 3.20. The predicted molar refractivity (Wildman–Crippen MR) is 99.4 cm³/mol. The summed E-state index contributed by atoms with van der Waals surface area (Å²) in [7, 11) is 0. The van der Waals surface area contributed by atoms with Gasteiger partial charge >= 0.3 is 0 Å². The van der Waals surface area contributed by atoms with Gasteiger partial charge in [-0.05, 0) is 26.0 Å². The lowest BCUT2D eigenvalue weighted by Crippen LogP contribution is -2.49. The number of nitrogens with zero attached hydrogens (tertiary/aromatic N) is 5. The van der Waals surface area contributed by atoms with Crippen molar-refractivity contribution in [1.29, 1.82) is 0 Å². The maximum absolute atomic E-state index is 12.9. The monoisotopic (exact) mass is 369 g/mol. The Morgan fingerprint density at radius 2 is 1.96 bits per heavy atom. The van der Waals surface area contributed by atoms with Crippen LogP contribution in [0.15, 0.2) is 35.1 Å². The summed E-state index contributed by atoms with van der Waals surface area (Å²) in [4.78, 5) is 30.6. The predicted octanol–water partition coefficient (Wildman–Crippen LogP) is 2.77. The van der Waals surface area contributed by atoms with E-state index < -0.39 is 0 Å². The summed E-state index contributed by atoms with van der Waals surface area (Å²) < 4.78 is 5.63. The summed E-state index contributed by atoms with van der Waals surface area (Å²) in [6.45, 7) is 6.56. The summed E-state index contributed by atoms with van der Waals surface area (Å²) in [5.41, 5.74) is 0.750. The fourth-order valence-electron chi connectivity index (χ4n) is 2.99. The minimum Gasteiger partial charge on any atom is -0.459 e. The molecular formula is C18H19N5O2S. The maximum atomic E-state index is 12.9. The van der Waals surface area contributed by atoms with Crippen molar-refractivity contribution in [2.45, 2.75) is 13.8 Å². The second-order valence-corrected chi connectivity index (χ2v) is 7.19. The van der Waals surface area contributed by atoms with Crippen LogP contribution in [-0.2, 0) is 0 Å². The van der Waals surface area contributed by atoms with E-state index in [1.165, 1.54) is 11.3 Å². The van der Waals surface area contributed by atoms with Crippen molar-refractivity contribution in [1.82, 2.24) is 19.9 Å². The molecule has 0 bridgehead atoms. The maximum Gasteiger partial charge on any atom is 0.265 e. The third-order valence-corrected chi connectivity index (χ3v) is 5.54. The van der Waals surface area contributed by atoms with Gasteiger partial charge in [0.05, 0.1) is 11.9 Å². The summed E-state index contributed by atoms with van der Waals surface area (Å²) in [5.74, 6) is 2.43. The van der Waals surface area contributed by atoms with E-state index in [-0.39, 0.29) is 5.91 Å². The molecule has 8 heteroatoms. The molecule has 1 saturated heterocycles. The average molecular weight is 369 g/mol. The number of furan rings is 1. The molecule has 0 radical (unpaired) electrons. The molecule has 0 unspecified atom stereocenters. The van der Waals surface area contributed by atoms with E-state index in [2.05, 4.69) is 19.9 Å². The summed E-state index contributed by atoms with van der Waals surface area (Å²) >= 11 is 1.39. The Labute approximate surface area is 155 Å². The molecule has 0 N–H and O–H groups in total. The topological polar surface area (TPSA) is 75.4 Å². The minimum absolute atomic E-state index is 0.0355. The van der Waals surface area contributed by atoms with Gasteiger partial charge in [0.1, 0.15) is 16.5 Å². The molecule has 4 heterocycles. The highest BCUT2D eigenvalue weighted by Crippen LogP contribution is 2.30. The van der Waals surface area contributed by atoms with Crippen molar-refractivity contribution >= 4 is 23.1 Å². The molecule has 0 aliphatic carbocycles. The Morgan fingerprint density at radius 1 is 1.15 bits per heavy atom. The first-order valence-electron chi connectivity index (χ1n) is 8.46. The Kier molecular flexibility index (Phi) is 4.42. The number of aromatic nitrogens is 3. The number of aryl methyl sites for hydroxylation is 2. The number of carbonyl (C=O) groups is 1. The average Bonchev–Trinajstić information content (AvgIpc) is 3.28. The van der Waals surface area contributed by atoms with Crippen molar-refractivity contribution in [2.24, 2.45) is 0 Å². The number of thiazole rings is 1. The van der Waals surface area contributed by atoms with Crippen LogP contribution < -0.4 is 4.90 Å². The normalized spacial score (nSPS) is 14.7. The van der Waals surface area contributed by atoms with Gasteiger partial charge in [-0.15, -0.1) is 11.3 Å². The van der Waals surface area contributed by atoms with Gasteiger partial charge in [0.2, 0.25) is 0 Å². The molecule has 3 aromatic rings. The molecule has 7 nitrogen and oxygen atoms in total. The standard InChI is InChI=1S/C18H19N5O2S/c1-12-3-4-14(25-12)17-21-13(2)16(26-17)18(24)23-9-7-22(8-10-23)15-11-19-5-6-20-15/h3-6,11H,7-10H2,1-2H3. The molecule has 26 heavy (non-hydrogen) atoms. The Hall–Kier alpha value is -2.74. The highest BCUT2D eigenvalue weighted by atomic mass is 32.1. The van der Waals surface area contributed by atoms with Gasteiger partial charge in [-0.25, -0.2) is 9.97 Å². The molecule has 3 aromatic heterocycles. The van der Waals surface area contributed by atoms with Crippen LogP contribution in [-0.4, -0.2) is 51.9 Å². The lowest BCUT2D eigenvalue weighted by atomic mass is 10.2. The Morgan fingerprint density at radius 3 is 2.62 bits per heavy atom. The summed E-state index contributed by atoms with van der Waals surface area (Å²) in [5, 5.41) is 0.747. The van der Waals surface area contributed by atoms with Gasteiger partial charge in [0.15, 0.2) is 10.8 Å². The van der Waals surface area contributed by atoms with E-state index in [0.29, 0.717) is 23.7 Å². The molecule has 1 amide bonds. The zero-order valence-electron chi connectivity index (χ0n) is 14.7. The van der Waals surface area contributed by atoms with Crippen molar-refractivity contribution in [3.8, 4) is 10.8 Å². The van der Waals surface area contributed by atoms with Gasteiger partial charge in [0, 0.05) is 38.6 Å². The quantitative estimate of drug-likeness (QED) is 0.707. The van der Waals surface area contributed by atoms with E-state index in [4.69, 9.17) is 4.42 Å².